The minimum absolute atomic E-state index is 0.154. The van der Waals surface area contributed by atoms with Gasteiger partial charge < -0.3 is 19.0 Å². The van der Waals surface area contributed by atoms with Gasteiger partial charge in [-0.25, -0.2) is 12.8 Å². The van der Waals surface area contributed by atoms with Crippen LogP contribution in [0.2, 0.25) is 0 Å². The van der Waals surface area contributed by atoms with E-state index in [1.54, 1.807) is 24.4 Å². The smallest absolute Gasteiger partial charge is 0.455 e. The number of hydrogen-bond acceptors (Lipinski definition) is 7. The second-order valence-electron chi connectivity index (χ2n) is 12.1. The normalized spacial score (nSPS) is 17.8. The minimum atomic E-state index is -3.87. The third-order valence-electron chi connectivity index (χ3n) is 8.41. The molecule has 4 aromatic rings. The third kappa shape index (κ3) is 5.66. The van der Waals surface area contributed by atoms with Gasteiger partial charge in [0.05, 0.1) is 28.1 Å². The quantitative estimate of drug-likeness (QED) is 0.268. The third-order valence-corrected chi connectivity index (χ3v) is 9.62. The minimum Gasteiger partial charge on any atom is -0.455 e. The Labute approximate surface area is 250 Å². The van der Waals surface area contributed by atoms with Crippen LogP contribution in [0.3, 0.4) is 0 Å². The van der Waals surface area contributed by atoms with E-state index in [-0.39, 0.29) is 23.3 Å². The molecule has 9 nitrogen and oxygen atoms in total. The molecular weight excluding hydrogens is 572 g/mol. The van der Waals surface area contributed by atoms with Crippen molar-refractivity contribution in [3.05, 3.63) is 77.4 Å². The molecule has 2 aromatic carbocycles. The van der Waals surface area contributed by atoms with E-state index in [0.717, 1.165) is 18.4 Å². The zero-order chi connectivity index (χ0) is 30.7. The van der Waals surface area contributed by atoms with E-state index < -0.39 is 34.2 Å². The summed E-state index contributed by atoms with van der Waals surface area (Å²) in [4.78, 5) is 17.3. The van der Waals surface area contributed by atoms with Crippen molar-refractivity contribution < 1.29 is 31.3 Å². The summed E-state index contributed by atoms with van der Waals surface area (Å²) in [5.41, 5.74) is 2.43. The first-order chi connectivity index (χ1) is 20.3. The number of benzene rings is 2. The average Bonchev–Trinajstić information content (AvgIpc) is 3.68. The monoisotopic (exact) mass is 605 g/mol. The molecule has 2 fully saturated rings. The second-order valence-corrected chi connectivity index (χ2v) is 13.9. The van der Waals surface area contributed by atoms with Crippen molar-refractivity contribution in [2.45, 2.75) is 63.4 Å². The Morgan fingerprint density at radius 2 is 1.72 bits per heavy atom. The van der Waals surface area contributed by atoms with Gasteiger partial charge in [0, 0.05) is 35.7 Å². The Morgan fingerprint density at radius 3 is 2.30 bits per heavy atom. The molecule has 2 aliphatic rings. The number of anilines is 1. The maximum absolute atomic E-state index is 13.6. The zero-order valence-corrected chi connectivity index (χ0v) is 25.5. The zero-order valence-electron chi connectivity index (χ0n) is 24.7. The number of fused-ring (bicyclic) bond motifs is 1. The fourth-order valence-electron chi connectivity index (χ4n) is 5.17. The molecule has 1 aliphatic heterocycles. The predicted octanol–water partition coefficient (Wildman–Crippen LogP) is 5.11. The molecule has 43 heavy (non-hydrogen) atoms. The van der Waals surface area contributed by atoms with E-state index in [2.05, 4.69) is 15.0 Å². The first-order valence-electron chi connectivity index (χ1n) is 14.2. The highest BCUT2D eigenvalue weighted by atomic mass is 32.2. The van der Waals surface area contributed by atoms with Gasteiger partial charge in [-0.15, -0.1) is 0 Å². The molecule has 1 saturated carbocycles. The molecule has 0 unspecified atom stereocenters. The molecule has 0 atom stereocenters. The lowest BCUT2D eigenvalue weighted by molar-refractivity contribution is 0.00578. The van der Waals surface area contributed by atoms with Gasteiger partial charge in [-0.05, 0) is 88.4 Å². The number of sulfonamides is 1. The van der Waals surface area contributed by atoms with Gasteiger partial charge in [-0.2, -0.15) is 0 Å². The maximum atomic E-state index is 13.6. The highest BCUT2D eigenvalue weighted by Gasteiger charge is 2.51. The van der Waals surface area contributed by atoms with E-state index in [9.17, 15) is 17.6 Å². The van der Waals surface area contributed by atoms with E-state index in [0.29, 0.717) is 38.9 Å². The van der Waals surface area contributed by atoms with Crippen molar-refractivity contribution in [3.63, 3.8) is 0 Å². The van der Waals surface area contributed by atoms with E-state index in [1.807, 2.05) is 33.8 Å². The van der Waals surface area contributed by atoms with Crippen molar-refractivity contribution in [3.8, 4) is 11.3 Å². The van der Waals surface area contributed by atoms with E-state index >= 15 is 0 Å². The van der Waals surface area contributed by atoms with E-state index in [4.69, 9.17) is 13.7 Å². The number of furan rings is 1. The SMILES string of the molecule is CNC(=O)c1c(-c2ccc(F)cc2)oc2cc(NS(=O)(=O)Cc3ccc(B4OC(C)(C)C(C)(C)O4)cn3)c(C3CC3)cc12. The summed E-state index contributed by atoms with van der Waals surface area (Å²) in [6.07, 6.45) is 3.38. The number of carbonyl (C=O) groups is 1. The molecule has 12 heteroatoms. The first kappa shape index (κ1) is 29.3. The average molecular weight is 605 g/mol. The molecule has 1 aliphatic carbocycles. The largest absolute Gasteiger partial charge is 0.496 e. The van der Waals surface area contributed by atoms with Crippen LogP contribution in [0.4, 0.5) is 10.1 Å². The second kappa shape index (κ2) is 10.5. The Morgan fingerprint density at radius 1 is 1.05 bits per heavy atom. The number of halogens is 1. The van der Waals surface area contributed by atoms with Crippen molar-refractivity contribution in [2.75, 3.05) is 11.8 Å². The number of carbonyl (C=O) groups excluding carboxylic acids is 1. The Hall–Kier alpha value is -3.74. The molecule has 224 valence electrons. The van der Waals surface area contributed by atoms with Gasteiger partial charge in [-0.1, -0.05) is 6.07 Å². The standard InChI is InChI=1S/C31H33BFN3O6S/c1-30(2)31(3,4)42-32(41-30)20-10-13-22(35-16-20)17-43(38,39)36-25-15-26-24(14-23(25)18-6-7-18)27(29(37)34-5)28(40-26)19-8-11-21(33)12-9-19/h8-16,18,36H,6-7,17H2,1-5H3,(H,34,37). The Bertz CT molecular complexity index is 1800. The number of nitrogens with zero attached hydrogens (tertiary/aromatic N) is 1. The number of hydrogen-bond donors (Lipinski definition) is 2. The first-order valence-corrected chi connectivity index (χ1v) is 15.8. The van der Waals surface area contributed by atoms with Crippen molar-refractivity contribution in [1.82, 2.24) is 10.3 Å². The predicted molar refractivity (Wildman–Crippen MR) is 163 cm³/mol. The number of nitrogens with one attached hydrogen (secondary N) is 2. The van der Waals surface area contributed by atoms with Crippen LogP contribution in [0.5, 0.6) is 0 Å². The topological polar surface area (TPSA) is 120 Å². The number of amides is 1. The Balaban J connectivity index is 1.29. The van der Waals surface area contributed by atoms with Crippen LogP contribution in [0.1, 0.15) is 68.1 Å². The summed E-state index contributed by atoms with van der Waals surface area (Å²) in [6, 6.07) is 12.5. The van der Waals surface area contributed by atoms with Gasteiger partial charge in [0.1, 0.15) is 22.9 Å². The molecular formula is C31H33BFN3O6S. The number of rotatable bonds is 8. The van der Waals surface area contributed by atoms with Crippen molar-refractivity contribution in [2.24, 2.45) is 0 Å². The van der Waals surface area contributed by atoms with Gasteiger partial charge in [0.25, 0.3) is 5.91 Å². The summed E-state index contributed by atoms with van der Waals surface area (Å²) in [5, 5.41) is 3.21. The highest BCUT2D eigenvalue weighted by Crippen LogP contribution is 2.47. The molecule has 0 bridgehead atoms. The summed E-state index contributed by atoms with van der Waals surface area (Å²) in [5.74, 6) is -0.681. The fourth-order valence-corrected chi connectivity index (χ4v) is 6.32. The molecule has 2 aromatic heterocycles. The summed E-state index contributed by atoms with van der Waals surface area (Å²) in [7, 11) is -2.94. The van der Waals surface area contributed by atoms with Gasteiger partial charge in [0.2, 0.25) is 10.0 Å². The van der Waals surface area contributed by atoms with Crippen LogP contribution in [-0.2, 0) is 25.1 Å². The molecule has 0 radical (unpaired) electrons. The van der Waals surface area contributed by atoms with Crippen LogP contribution < -0.4 is 15.5 Å². The molecule has 3 heterocycles. The molecule has 6 rings (SSSR count). The molecule has 1 amide bonds. The van der Waals surface area contributed by atoms with Crippen LogP contribution in [0.25, 0.3) is 22.3 Å². The molecule has 2 N–H and O–H groups in total. The lowest BCUT2D eigenvalue weighted by atomic mass is 9.80. The van der Waals surface area contributed by atoms with Crippen LogP contribution in [0.15, 0.2) is 59.1 Å². The highest BCUT2D eigenvalue weighted by molar-refractivity contribution is 7.91. The van der Waals surface area contributed by atoms with Gasteiger partial charge >= 0.3 is 7.12 Å². The lowest BCUT2D eigenvalue weighted by Crippen LogP contribution is -2.41. The van der Waals surface area contributed by atoms with Crippen molar-refractivity contribution >= 4 is 45.2 Å². The van der Waals surface area contributed by atoms with Crippen LogP contribution >= 0.6 is 0 Å². The van der Waals surface area contributed by atoms with E-state index in [1.165, 1.54) is 31.3 Å². The number of pyridine rings is 1. The summed E-state index contributed by atoms with van der Waals surface area (Å²) in [6.45, 7) is 7.86. The van der Waals surface area contributed by atoms with Crippen molar-refractivity contribution in [1.29, 1.82) is 0 Å². The molecule has 1 saturated heterocycles. The Kier molecular flexibility index (Phi) is 7.14. The van der Waals surface area contributed by atoms with Crippen LogP contribution in [0, 0.1) is 5.82 Å². The molecule has 0 spiro atoms. The lowest BCUT2D eigenvalue weighted by Gasteiger charge is -2.32. The number of aromatic nitrogens is 1. The summed E-state index contributed by atoms with van der Waals surface area (Å²) >= 11 is 0. The summed E-state index contributed by atoms with van der Waals surface area (Å²) < 4.78 is 61.3. The van der Waals surface area contributed by atoms with Gasteiger partial charge in [0.15, 0.2) is 0 Å². The fraction of sp³-hybridized carbons (Fsp3) is 0.355. The maximum Gasteiger partial charge on any atom is 0.496 e. The van der Waals surface area contributed by atoms with Crippen LogP contribution in [-0.4, -0.2) is 44.7 Å². The van der Waals surface area contributed by atoms with Gasteiger partial charge in [-0.3, -0.25) is 14.5 Å².